The maximum atomic E-state index is 10.4. The highest BCUT2D eigenvalue weighted by Gasteiger charge is 2.18. The molecule has 0 amide bonds. The van der Waals surface area contributed by atoms with Gasteiger partial charge >= 0.3 is 0 Å². The van der Waals surface area contributed by atoms with Gasteiger partial charge in [0.2, 0.25) is 0 Å². The van der Waals surface area contributed by atoms with Gasteiger partial charge in [0.05, 0.1) is 0 Å². The van der Waals surface area contributed by atoms with E-state index in [1.165, 1.54) is 6.92 Å². The zero-order valence-electron chi connectivity index (χ0n) is 5.66. The van der Waals surface area contributed by atoms with E-state index in [9.17, 15) is 4.79 Å². The number of ketones is 1. The van der Waals surface area contributed by atoms with Crippen LogP contribution in [-0.4, -0.2) is 9.58 Å². The Labute approximate surface area is 75.6 Å². The maximum Gasteiger partial charge on any atom is 0.190 e. The molecule has 0 aromatic heterocycles. The van der Waals surface area contributed by atoms with Crippen LogP contribution >= 0.6 is 34.8 Å². The molecule has 0 atom stereocenters. The molecule has 0 aliphatic carbocycles. The molecule has 0 aromatic rings. The fourth-order valence-corrected chi connectivity index (χ4v) is 0.939. The monoisotopic (exact) mass is 202 g/mol. The lowest BCUT2D eigenvalue weighted by Crippen LogP contribution is -2.02. The van der Waals surface area contributed by atoms with Crippen LogP contribution in [0.2, 0.25) is 0 Å². The number of carbonyl (C=O) groups excluding carboxylic acids is 1. The molecule has 0 fully saturated rings. The molecule has 60 valence electrons. The van der Waals surface area contributed by atoms with Crippen LogP contribution in [0.5, 0.6) is 0 Å². The average Bonchev–Trinajstić information content (AvgIpc) is 1.59. The van der Waals surface area contributed by atoms with Crippen LogP contribution in [0.25, 0.3) is 0 Å². The van der Waals surface area contributed by atoms with E-state index < -0.39 is 3.79 Å². The first-order valence-corrected chi connectivity index (χ1v) is 4.11. The zero-order valence-corrected chi connectivity index (χ0v) is 7.93. The van der Waals surface area contributed by atoms with Crippen molar-refractivity contribution in [1.82, 2.24) is 0 Å². The summed E-state index contributed by atoms with van der Waals surface area (Å²) in [5.41, 5.74) is 0. The Hall–Kier alpha value is 0.540. The van der Waals surface area contributed by atoms with Crippen LogP contribution in [0.4, 0.5) is 0 Å². The van der Waals surface area contributed by atoms with Crippen LogP contribution in [0, 0.1) is 0 Å². The van der Waals surface area contributed by atoms with E-state index in [2.05, 4.69) is 0 Å². The Kier molecular flexibility index (Phi) is 4.66. The topological polar surface area (TPSA) is 17.1 Å². The third kappa shape index (κ3) is 8.54. The lowest BCUT2D eigenvalue weighted by molar-refractivity contribution is -0.117. The summed E-state index contributed by atoms with van der Waals surface area (Å²) in [6.45, 7) is 1.53. The second-order valence-electron chi connectivity index (χ2n) is 2.17. The number of Topliss-reactive ketones (excluding diaryl/α,β-unsaturated/α-hetero) is 1. The molecular weight excluding hydrogens is 194 g/mol. The van der Waals surface area contributed by atoms with E-state index in [0.717, 1.165) is 0 Å². The summed E-state index contributed by atoms with van der Waals surface area (Å²) in [5, 5.41) is 0. The molecule has 0 radical (unpaired) electrons. The van der Waals surface area contributed by atoms with Crippen molar-refractivity contribution in [3.8, 4) is 0 Å². The number of alkyl halides is 3. The molecule has 0 aliphatic rings. The van der Waals surface area contributed by atoms with Gasteiger partial charge in [-0.2, -0.15) is 0 Å². The number of hydrogen-bond donors (Lipinski definition) is 0. The van der Waals surface area contributed by atoms with Crippen molar-refractivity contribution in [2.45, 2.75) is 30.0 Å². The van der Waals surface area contributed by atoms with E-state index in [4.69, 9.17) is 34.8 Å². The highest BCUT2D eigenvalue weighted by Crippen LogP contribution is 2.31. The molecular formula is C6H9Cl3O. The zero-order chi connectivity index (χ0) is 8.20. The van der Waals surface area contributed by atoms with Gasteiger partial charge < -0.3 is 4.79 Å². The van der Waals surface area contributed by atoms with Gasteiger partial charge in [0, 0.05) is 6.42 Å². The Balaban J connectivity index is 3.29. The molecule has 0 aromatic carbocycles. The summed E-state index contributed by atoms with van der Waals surface area (Å²) in [5.74, 6) is 0.134. The first kappa shape index (κ1) is 10.5. The van der Waals surface area contributed by atoms with E-state index in [1.54, 1.807) is 0 Å². The van der Waals surface area contributed by atoms with Crippen LogP contribution in [0.3, 0.4) is 0 Å². The van der Waals surface area contributed by atoms with Crippen molar-refractivity contribution in [2.75, 3.05) is 0 Å². The lowest BCUT2D eigenvalue weighted by atomic mass is 10.2. The molecule has 0 aliphatic heterocycles. The second kappa shape index (κ2) is 4.42. The Morgan fingerprint density at radius 1 is 1.40 bits per heavy atom. The number of rotatable bonds is 3. The van der Waals surface area contributed by atoms with Crippen molar-refractivity contribution in [1.29, 1.82) is 0 Å². The highest BCUT2D eigenvalue weighted by atomic mass is 35.6. The van der Waals surface area contributed by atoms with Gasteiger partial charge in [-0.05, 0) is 19.8 Å². The van der Waals surface area contributed by atoms with Gasteiger partial charge in [0.1, 0.15) is 5.78 Å². The lowest BCUT2D eigenvalue weighted by Gasteiger charge is -2.08. The minimum Gasteiger partial charge on any atom is -0.300 e. The van der Waals surface area contributed by atoms with Gasteiger partial charge in [-0.25, -0.2) is 0 Å². The van der Waals surface area contributed by atoms with E-state index in [0.29, 0.717) is 19.3 Å². The molecule has 0 unspecified atom stereocenters. The molecule has 0 saturated heterocycles. The summed E-state index contributed by atoms with van der Waals surface area (Å²) < 4.78 is -1.20. The molecule has 0 heterocycles. The van der Waals surface area contributed by atoms with Crippen LogP contribution in [0.1, 0.15) is 26.2 Å². The first-order chi connectivity index (χ1) is 4.42. The van der Waals surface area contributed by atoms with Crippen LogP contribution in [-0.2, 0) is 4.79 Å². The van der Waals surface area contributed by atoms with Crippen molar-refractivity contribution < 1.29 is 4.79 Å². The molecule has 1 nitrogen and oxygen atoms in total. The fraction of sp³-hybridized carbons (Fsp3) is 0.833. The SMILES string of the molecule is CC(=O)CCCC(Cl)(Cl)Cl. The van der Waals surface area contributed by atoms with Crippen molar-refractivity contribution in [3.63, 3.8) is 0 Å². The fourth-order valence-electron chi connectivity index (χ4n) is 0.538. The van der Waals surface area contributed by atoms with E-state index in [-0.39, 0.29) is 5.78 Å². The molecule has 0 N–H and O–H groups in total. The van der Waals surface area contributed by atoms with Gasteiger partial charge in [0.25, 0.3) is 0 Å². The average molecular weight is 203 g/mol. The third-order valence-electron chi connectivity index (χ3n) is 0.989. The summed E-state index contributed by atoms with van der Waals surface area (Å²) in [6, 6.07) is 0. The Bertz CT molecular complexity index is 117. The van der Waals surface area contributed by atoms with Crippen molar-refractivity contribution >= 4 is 40.6 Å². The first-order valence-electron chi connectivity index (χ1n) is 2.98. The summed E-state index contributed by atoms with van der Waals surface area (Å²) >= 11 is 16.3. The molecule has 4 heteroatoms. The smallest absolute Gasteiger partial charge is 0.190 e. The third-order valence-corrected chi connectivity index (χ3v) is 1.56. The van der Waals surface area contributed by atoms with E-state index in [1.807, 2.05) is 0 Å². The Morgan fingerprint density at radius 3 is 2.20 bits per heavy atom. The molecule has 0 saturated carbocycles. The van der Waals surface area contributed by atoms with Crippen LogP contribution in [0.15, 0.2) is 0 Å². The summed E-state index contributed by atoms with van der Waals surface area (Å²) in [6.07, 6.45) is 1.58. The summed E-state index contributed by atoms with van der Waals surface area (Å²) in [4.78, 5) is 10.4. The Morgan fingerprint density at radius 2 is 1.90 bits per heavy atom. The van der Waals surface area contributed by atoms with Gasteiger partial charge in [-0.1, -0.05) is 34.8 Å². The van der Waals surface area contributed by atoms with Crippen molar-refractivity contribution in [2.24, 2.45) is 0 Å². The largest absolute Gasteiger partial charge is 0.300 e. The standard InChI is InChI=1S/C6H9Cl3O/c1-5(10)3-2-4-6(7,8)9/h2-4H2,1H3. The minimum atomic E-state index is -1.20. The normalized spacial score (nSPS) is 11.6. The molecule has 0 spiro atoms. The molecule has 10 heavy (non-hydrogen) atoms. The van der Waals surface area contributed by atoms with E-state index >= 15 is 0 Å². The molecule has 0 rings (SSSR count). The predicted octanol–water partition coefficient (Wildman–Crippen LogP) is 3.12. The maximum absolute atomic E-state index is 10.4. The second-order valence-corrected chi connectivity index (χ2v) is 4.69. The van der Waals surface area contributed by atoms with Gasteiger partial charge in [-0.15, -0.1) is 0 Å². The number of carbonyl (C=O) groups is 1. The number of hydrogen-bond acceptors (Lipinski definition) is 1. The number of halogens is 3. The highest BCUT2D eigenvalue weighted by molar-refractivity contribution is 6.67. The quantitative estimate of drug-likeness (QED) is 0.644. The van der Waals surface area contributed by atoms with Crippen LogP contribution < -0.4 is 0 Å². The predicted molar refractivity (Wildman–Crippen MR) is 44.8 cm³/mol. The minimum absolute atomic E-state index is 0.134. The summed E-state index contributed by atoms with van der Waals surface area (Å²) in [7, 11) is 0. The van der Waals surface area contributed by atoms with Gasteiger partial charge in [-0.3, -0.25) is 0 Å². The molecule has 0 bridgehead atoms. The van der Waals surface area contributed by atoms with Gasteiger partial charge in [0.15, 0.2) is 3.79 Å². The van der Waals surface area contributed by atoms with Crippen molar-refractivity contribution in [3.05, 3.63) is 0 Å².